The third-order valence-corrected chi connectivity index (χ3v) is 4.55. The van der Waals surface area contributed by atoms with Gasteiger partial charge in [0.2, 0.25) is 0 Å². The van der Waals surface area contributed by atoms with E-state index < -0.39 is 5.97 Å². The highest BCUT2D eigenvalue weighted by molar-refractivity contribution is 7.16. The lowest BCUT2D eigenvalue weighted by atomic mass is 10.0. The smallest absolute Gasteiger partial charge is 0.308 e. The van der Waals surface area contributed by atoms with Gasteiger partial charge in [0, 0.05) is 12.1 Å². The molecule has 2 heterocycles. The summed E-state index contributed by atoms with van der Waals surface area (Å²) in [6, 6.07) is 1.71. The second-order valence-corrected chi connectivity index (χ2v) is 6.97. The third-order valence-electron chi connectivity index (χ3n) is 3.73. The minimum atomic E-state index is -0.531. The van der Waals surface area contributed by atoms with E-state index in [1.54, 1.807) is 11.4 Å². The normalized spacial score (nSPS) is 11.5. The SMILES string of the molecule is CCC(C)(C)NC(=O)COC(=O)CCn1cnc2sccc2c1=O. The van der Waals surface area contributed by atoms with Gasteiger partial charge in [-0.2, -0.15) is 0 Å². The van der Waals surface area contributed by atoms with Crippen LogP contribution in [0.5, 0.6) is 0 Å². The highest BCUT2D eigenvalue weighted by atomic mass is 32.1. The molecule has 0 saturated carbocycles. The summed E-state index contributed by atoms with van der Waals surface area (Å²) in [6.45, 7) is 5.60. The molecule has 0 atom stereocenters. The number of hydrogen-bond donors (Lipinski definition) is 1. The Kier molecular flexibility index (Phi) is 5.71. The van der Waals surface area contributed by atoms with Crippen LogP contribution in [0.25, 0.3) is 10.2 Å². The summed E-state index contributed by atoms with van der Waals surface area (Å²) in [7, 11) is 0. The van der Waals surface area contributed by atoms with E-state index >= 15 is 0 Å². The number of esters is 1. The molecular weight excluding hydrogens is 330 g/mol. The molecule has 2 aromatic rings. The Morgan fingerprint density at radius 3 is 2.88 bits per heavy atom. The lowest BCUT2D eigenvalue weighted by Gasteiger charge is -2.24. The molecule has 0 spiro atoms. The molecule has 0 radical (unpaired) electrons. The predicted molar refractivity (Wildman–Crippen MR) is 92.0 cm³/mol. The highest BCUT2D eigenvalue weighted by Gasteiger charge is 2.18. The van der Waals surface area contributed by atoms with Crippen molar-refractivity contribution in [2.24, 2.45) is 0 Å². The molecule has 7 nitrogen and oxygen atoms in total. The Morgan fingerprint density at radius 2 is 2.17 bits per heavy atom. The predicted octanol–water partition coefficient (Wildman–Crippen LogP) is 1.70. The molecule has 0 aliphatic heterocycles. The van der Waals surface area contributed by atoms with Crippen LogP contribution in [0.3, 0.4) is 0 Å². The van der Waals surface area contributed by atoms with Crippen molar-refractivity contribution in [3.05, 3.63) is 28.1 Å². The molecule has 0 saturated heterocycles. The molecule has 0 fully saturated rings. The first-order chi connectivity index (χ1) is 11.3. The van der Waals surface area contributed by atoms with Crippen LogP contribution >= 0.6 is 11.3 Å². The fourth-order valence-corrected chi connectivity index (χ4v) is 2.71. The summed E-state index contributed by atoms with van der Waals surface area (Å²) < 4.78 is 6.32. The summed E-state index contributed by atoms with van der Waals surface area (Å²) in [5.74, 6) is -0.870. The van der Waals surface area contributed by atoms with Gasteiger partial charge >= 0.3 is 5.97 Å². The van der Waals surface area contributed by atoms with Gasteiger partial charge < -0.3 is 10.1 Å². The number of nitrogens with zero attached hydrogens (tertiary/aromatic N) is 2. The van der Waals surface area contributed by atoms with Gasteiger partial charge in [-0.3, -0.25) is 19.0 Å². The minimum Gasteiger partial charge on any atom is -0.456 e. The zero-order chi connectivity index (χ0) is 17.7. The van der Waals surface area contributed by atoms with Gasteiger partial charge in [0.15, 0.2) is 6.61 Å². The van der Waals surface area contributed by atoms with Gasteiger partial charge in [-0.15, -0.1) is 11.3 Å². The summed E-state index contributed by atoms with van der Waals surface area (Å²) >= 11 is 1.39. The molecule has 0 aliphatic carbocycles. The van der Waals surface area contributed by atoms with Crippen molar-refractivity contribution in [3.8, 4) is 0 Å². The van der Waals surface area contributed by atoms with Crippen molar-refractivity contribution in [1.82, 2.24) is 14.9 Å². The number of carbonyl (C=O) groups is 2. The van der Waals surface area contributed by atoms with E-state index in [0.29, 0.717) is 10.2 Å². The molecule has 0 unspecified atom stereocenters. The molecule has 0 bridgehead atoms. The summed E-state index contributed by atoms with van der Waals surface area (Å²) in [5, 5.41) is 5.12. The van der Waals surface area contributed by atoms with E-state index in [1.165, 1.54) is 22.2 Å². The van der Waals surface area contributed by atoms with Crippen LogP contribution < -0.4 is 10.9 Å². The van der Waals surface area contributed by atoms with Crippen molar-refractivity contribution in [2.45, 2.75) is 45.7 Å². The van der Waals surface area contributed by atoms with Crippen LogP contribution in [0.4, 0.5) is 0 Å². The summed E-state index contributed by atoms with van der Waals surface area (Å²) in [4.78, 5) is 40.5. The number of ether oxygens (including phenoxy) is 1. The van der Waals surface area contributed by atoms with Gasteiger partial charge in [0.1, 0.15) is 4.83 Å². The second kappa shape index (κ2) is 7.57. The van der Waals surface area contributed by atoms with Crippen LogP contribution in [0, 0.1) is 0 Å². The standard InChI is InChI=1S/C16H21N3O4S/c1-4-16(2,3)18-12(20)9-23-13(21)5-7-19-10-17-14-11(15(19)22)6-8-24-14/h6,8,10H,4-5,7,9H2,1-3H3,(H,18,20). The number of carbonyl (C=O) groups excluding carboxylic acids is 2. The quantitative estimate of drug-likeness (QED) is 0.767. The maximum absolute atomic E-state index is 12.2. The topological polar surface area (TPSA) is 90.3 Å². The number of aromatic nitrogens is 2. The molecule has 24 heavy (non-hydrogen) atoms. The second-order valence-electron chi connectivity index (χ2n) is 6.08. The van der Waals surface area contributed by atoms with Crippen molar-refractivity contribution < 1.29 is 14.3 Å². The Bertz CT molecular complexity index is 794. The van der Waals surface area contributed by atoms with Crippen LogP contribution in [0.1, 0.15) is 33.6 Å². The molecule has 8 heteroatoms. The molecule has 1 amide bonds. The molecule has 130 valence electrons. The molecular formula is C16H21N3O4S. The molecule has 2 aromatic heterocycles. The van der Waals surface area contributed by atoms with E-state index in [4.69, 9.17) is 4.74 Å². The Hall–Kier alpha value is -2.22. The maximum atomic E-state index is 12.2. The lowest BCUT2D eigenvalue weighted by Crippen LogP contribution is -2.44. The average molecular weight is 351 g/mol. The van der Waals surface area contributed by atoms with Crippen molar-refractivity contribution in [2.75, 3.05) is 6.61 Å². The van der Waals surface area contributed by atoms with Crippen LogP contribution in [0.15, 0.2) is 22.6 Å². The number of nitrogens with one attached hydrogen (secondary N) is 1. The molecule has 0 aliphatic rings. The first-order valence-corrected chi connectivity index (χ1v) is 8.59. The maximum Gasteiger partial charge on any atom is 0.308 e. The fraction of sp³-hybridized carbons (Fsp3) is 0.500. The average Bonchev–Trinajstić information content (AvgIpc) is 3.01. The number of aryl methyl sites for hydroxylation is 1. The van der Waals surface area contributed by atoms with Gasteiger partial charge in [-0.05, 0) is 31.7 Å². The summed E-state index contributed by atoms with van der Waals surface area (Å²) in [6.07, 6.45) is 2.19. The summed E-state index contributed by atoms with van der Waals surface area (Å²) in [5.41, 5.74) is -0.519. The van der Waals surface area contributed by atoms with Crippen LogP contribution in [-0.2, 0) is 20.9 Å². The van der Waals surface area contributed by atoms with Gasteiger partial charge in [0.05, 0.1) is 18.1 Å². The van der Waals surface area contributed by atoms with E-state index in [2.05, 4.69) is 10.3 Å². The van der Waals surface area contributed by atoms with Crippen molar-refractivity contribution >= 4 is 33.4 Å². The first-order valence-electron chi connectivity index (χ1n) is 7.71. The van der Waals surface area contributed by atoms with E-state index in [9.17, 15) is 14.4 Å². The lowest BCUT2D eigenvalue weighted by molar-refractivity contribution is -0.149. The monoisotopic (exact) mass is 351 g/mol. The Labute approximate surface area is 143 Å². The van der Waals surface area contributed by atoms with Gasteiger partial charge in [-0.1, -0.05) is 6.92 Å². The third kappa shape index (κ3) is 4.64. The van der Waals surface area contributed by atoms with Crippen LogP contribution in [0.2, 0.25) is 0 Å². The zero-order valence-electron chi connectivity index (χ0n) is 14.0. The van der Waals surface area contributed by atoms with Crippen molar-refractivity contribution in [1.29, 1.82) is 0 Å². The van der Waals surface area contributed by atoms with Gasteiger partial charge in [-0.25, -0.2) is 4.98 Å². The van der Waals surface area contributed by atoms with E-state index in [1.807, 2.05) is 20.8 Å². The first kappa shape index (κ1) is 18.1. The molecule has 1 N–H and O–H groups in total. The number of thiophene rings is 1. The fourth-order valence-electron chi connectivity index (χ4n) is 1.98. The number of fused-ring (bicyclic) bond motifs is 1. The number of rotatable bonds is 7. The van der Waals surface area contributed by atoms with E-state index in [-0.39, 0.29) is 36.6 Å². The zero-order valence-corrected chi connectivity index (χ0v) is 14.8. The largest absolute Gasteiger partial charge is 0.456 e. The number of amides is 1. The van der Waals surface area contributed by atoms with Gasteiger partial charge in [0.25, 0.3) is 11.5 Å². The molecule has 0 aromatic carbocycles. The Balaban J connectivity index is 1.83. The van der Waals surface area contributed by atoms with E-state index in [0.717, 1.165) is 6.42 Å². The van der Waals surface area contributed by atoms with Crippen LogP contribution in [-0.4, -0.2) is 33.6 Å². The molecule has 2 rings (SSSR count). The minimum absolute atomic E-state index is 0.00167. The number of hydrogen-bond acceptors (Lipinski definition) is 6. The van der Waals surface area contributed by atoms with Crippen molar-refractivity contribution in [3.63, 3.8) is 0 Å². The highest BCUT2D eigenvalue weighted by Crippen LogP contribution is 2.13. The Morgan fingerprint density at radius 1 is 1.42 bits per heavy atom.